The minimum atomic E-state index is -0.586. The highest BCUT2D eigenvalue weighted by Gasteiger charge is 2.25. The predicted octanol–water partition coefficient (Wildman–Crippen LogP) is 0.758. The molecule has 0 bridgehead atoms. The third-order valence-electron chi connectivity index (χ3n) is 3.06. The van der Waals surface area contributed by atoms with Crippen molar-refractivity contribution in [2.45, 2.75) is 32.9 Å². The molecule has 1 rings (SSSR count). The zero-order valence-electron chi connectivity index (χ0n) is 12.4. The van der Waals surface area contributed by atoms with Gasteiger partial charge >= 0.3 is 0 Å². The molecule has 20 heavy (non-hydrogen) atoms. The first-order valence-corrected chi connectivity index (χ1v) is 6.75. The van der Waals surface area contributed by atoms with Gasteiger partial charge in [-0.1, -0.05) is 13.8 Å². The molecule has 112 valence electrons. The van der Waals surface area contributed by atoms with Crippen molar-refractivity contribution in [1.82, 2.24) is 16.0 Å². The van der Waals surface area contributed by atoms with E-state index in [2.05, 4.69) is 16.0 Å². The van der Waals surface area contributed by atoms with Gasteiger partial charge in [-0.05, 0) is 32.0 Å². The second kappa shape index (κ2) is 7.69. The molecule has 1 heterocycles. The van der Waals surface area contributed by atoms with Crippen LogP contribution in [0.3, 0.4) is 0 Å². The topological polar surface area (TPSA) is 83.4 Å². The van der Waals surface area contributed by atoms with Crippen LogP contribution in [0.5, 0.6) is 0 Å². The van der Waals surface area contributed by atoms with Gasteiger partial charge in [-0.3, -0.25) is 9.59 Å². The quantitative estimate of drug-likeness (QED) is 0.689. The summed E-state index contributed by atoms with van der Waals surface area (Å²) in [4.78, 5) is 24.0. The largest absolute Gasteiger partial charge is 0.459 e. The number of carbonyl (C=O) groups excluding carboxylic acids is 2. The Hall–Kier alpha value is -1.82. The van der Waals surface area contributed by atoms with Crippen molar-refractivity contribution in [3.05, 3.63) is 24.2 Å². The van der Waals surface area contributed by atoms with Gasteiger partial charge in [0.05, 0.1) is 6.26 Å². The highest BCUT2D eigenvalue weighted by atomic mass is 16.3. The molecular weight excluding hydrogens is 258 g/mol. The lowest BCUT2D eigenvalue weighted by molar-refractivity contribution is -0.124. The maximum Gasteiger partial charge on any atom is 0.287 e. The first-order chi connectivity index (χ1) is 9.45. The third kappa shape index (κ3) is 4.70. The molecule has 0 spiro atoms. The van der Waals surface area contributed by atoms with E-state index in [1.807, 2.05) is 27.8 Å². The van der Waals surface area contributed by atoms with Gasteiger partial charge in [0, 0.05) is 12.6 Å². The molecule has 2 atom stereocenters. The molecule has 0 fully saturated rings. The van der Waals surface area contributed by atoms with Gasteiger partial charge in [0.15, 0.2) is 5.76 Å². The average molecular weight is 281 g/mol. The van der Waals surface area contributed by atoms with Gasteiger partial charge in [-0.15, -0.1) is 0 Å². The van der Waals surface area contributed by atoms with Gasteiger partial charge in [0.25, 0.3) is 5.91 Å². The average Bonchev–Trinajstić information content (AvgIpc) is 2.95. The van der Waals surface area contributed by atoms with Crippen LogP contribution in [-0.4, -0.2) is 37.5 Å². The summed E-state index contributed by atoms with van der Waals surface area (Å²) in [5, 5.41) is 8.55. The Morgan fingerprint density at radius 3 is 2.50 bits per heavy atom. The molecular formula is C14H23N3O3. The van der Waals surface area contributed by atoms with Crippen LogP contribution < -0.4 is 16.0 Å². The molecule has 0 saturated carbocycles. The van der Waals surface area contributed by atoms with E-state index >= 15 is 0 Å². The highest BCUT2D eigenvalue weighted by Crippen LogP contribution is 2.05. The molecule has 0 radical (unpaired) electrons. The van der Waals surface area contributed by atoms with Gasteiger partial charge in [0.2, 0.25) is 5.91 Å². The lowest BCUT2D eigenvalue weighted by atomic mass is 10.0. The number of furan rings is 1. The summed E-state index contributed by atoms with van der Waals surface area (Å²) in [6, 6.07) is 2.78. The van der Waals surface area contributed by atoms with Crippen molar-refractivity contribution < 1.29 is 14.0 Å². The van der Waals surface area contributed by atoms with Crippen LogP contribution in [0.15, 0.2) is 22.8 Å². The van der Waals surface area contributed by atoms with Gasteiger partial charge < -0.3 is 20.4 Å². The van der Waals surface area contributed by atoms with E-state index in [1.165, 1.54) is 6.26 Å². The monoisotopic (exact) mass is 281 g/mol. The summed E-state index contributed by atoms with van der Waals surface area (Å²) in [7, 11) is 1.83. The summed E-state index contributed by atoms with van der Waals surface area (Å²) in [6.07, 6.45) is 1.42. The fourth-order valence-corrected chi connectivity index (χ4v) is 1.62. The van der Waals surface area contributed by atoms with Gasteiger partial charge in [0.1, 0.15) is 6.04 Å². The van der Waals surface area contributed by atoms with Crippen molar-refractivity contribution >= 4 is 11.8 Å². The number of hydrogen-bond acceptors (Lipinski definition) is 4. The molecule has 2 unspecified atom stereocenters. The summed E-state index contributed by atoms with van der Waals surface area (Å²) < 4.78 is 5.02. The van der Waals surface area contributed by atoms with Crippen LogP contribution in [0.4, 0.5) is 0 Å². The maximum atomic E-state index is 12.1. The Morgan fingerprint density at radius 2 is 2.00 bits per heavy atom. The van der Waals surface area contributed by atoms with Crippen molar-refractivity contribution in [2.75, 3.05) is 13.6 Å². The fraction of sp³-hybridized carbons (Fsp3) is 0.571. The standard InChI is InChI=1S/C14H23N3O3/c1-9(2)12(14(19)16-8-10(3)15-4)17-13(18)11-6-5-7-20-11/h5-7,9-10,12,15H,8H2,1-4H3,(H,16,19)(H,17,18). The molecule has 0 aromatic carbocycles. The Bertz CT molecular complexity index is 429. The Balaban J connectivity index is 2.60. The van der Waals surface area contributed by atoms with Crippen LogP contribution >= 0.6 is 0 Å². The van der Waals surface area contributed by atoms with E-state index in [0.717, 1.165) is 0 Å². The Labute approximate surface area is 119 Å². The summed E-state index contributed by atoms with van der Waals surface area (Å²) in [6.45, 7) is 6.24. The molecule has 6 nitrogen and oxygen atoms in total. The zero-order chi connectivity index (χ0) is 15.1. The normalized spacial score (nSPS) is 13.8. The number of nitrogens with one attached hydrogen (secondary N) is 3. The molecule has 0 aliphatic heterocycles. The molecule has 0 aliphatic rings. The number of hydrogen-bond donors (Lipinski definition) is 3. The molecule has 1 aromatic rings. The van der Waals surface area contributed by atoms with Crippen LogP contribution in [0.25, 0.3) is 0 Å². The lowest BCUT2D eigenvalue weighted by Gasteiger charge is -2.22. The van der Waals surface area contributed by atoms with E-state index < -0.39 is 6.04 Å². The zero-order valence-corrected chi connectivity index (χ0v) is 12.4. The molecule has 6 heteroatoms. The second-order valence-corrected chi connectivity index (χ2v) is 5.11. The molecule has 0 aliphatic carbocycles. The first kappa shape index (κ1) is 16.2. The van der Waals surface area contributed by atoms with Gasteiger partial charge in [-0.2, -0.15) is 0 Å². The molecule has 2 amide bonds. The molecule has 0 saturated heterocycles. The van der Waals surface area contributed by atoms with Crippen molar-refractivity contribution in [1.29, 1.82) is 0 Å². The summed E-state index contributed by atoms with van der Waals surface area (Å²) in [5.41, 5.74) is 0. The van der Waals surface area contributed by atoms with E-state index in [1.54, 1.807) is 12.1 Å². The minimum Gasteiger partial charge on any atom is -0.459 e. The molecule has 3 N–H and O–H groups in total. The maximum absolute atomic E-state index is 12.1. The third-order valence-corrected chi connectivity index (χ3v) is 3.06. The number of likely N-dealkylation sites (N-methyl/N-ethyl adjacent to an activating group) is 1. The van der Waals surface area contributed by atoms with Crippen molar-refractivity contribution in [3.8, 4) is 0 Å². The van der Waals surface area contributed by atoms with E-state index in [4.69, 9.17) is 4.42 Å². The predicted molar refractivity (Wildman–Crippen MR) is 76.3 cm³/mol. The SMILES string of the molecule is CNC(C)CNC(=O)C(NC(=O)c1ccco1)C(C)C. The lowest BCUT2D eigenvalue weighted by Crippen LogP contribution is -2.51. The van der Waals surface area contributed by atoms with Crippen LogP contribution in [0.2, 0.25) is 0 Å². The van der Waals surface area contributed by atoms with Crippen LogP contribution in [0, 0.1) is 5.92 Å². The Morgan fingerprint density at radius 1 is 1.30 bits per heavy atom. The van der Waals surface area contributed by atoms with E-state index in [-0.39, 0.29) is 29.5 Å². The van der Waals surface area contributed by atoms with E-state index in [9.17, 15) is 9.59 Å². The Kier molecular flexibility index (Phi) is 6.24. The minimum absolute atomic E-state index is 0.0150. The summed E-state index contributed by atoms with van der Waals surface area (Å²) in [5.74, 6) is -0.390. The number of carbonyl (C=O) groups is 2. The highest BCUT2D eigenvalue weighted by molar-refractivity contribution is 5.95. The van der Waals surface area contributed by atoms with Crippen molar-refractivity contribution in [3.63, 3.8) is 0 Å². The number of rotatable bonds is 7. The van der Waals surface area contributed by atoms with Crippen LogP contribution in [-0.2, 0) is 4.79 Å². The smallest absolute Gasteiger partial charge is 0.287 e. The van der Waals surface area contributed by atoms with Gasteiger partial charge in [-0.25, -0.2) is 0 Å². The second-order valence-electron chi connectivity index (χ2n) is 5.11. The first-order valence-electron chi connectivity index (χ1n) is 6.75. The fourth-order valence-electron chi connectivity index (χ4n) is 1.62. The van der Waals surface area contributed by atoms with E-state index in [0.29, 0.717) is 6.54 Å². The molecule has 1 aromatic heterocycles. The van der Waals surface area contributed by atoms with Crippen LogP contribution in [0.1, 0.15) is 31.3 Å². The number of amides is 2. The summed E-state index contributed by atoms with van der Waals surface area (Å²) >= 11 is 0. The van der Waals surface area contributed by atoms with Crippen molar-refractivity contribution in [2.24, 2.45) is 5.92 Å².